The smallest absolute Gasteiger partial charge is 0.408 e. The zero-order valence-corrected chi connectivity index (χ0v) is 9.85. The highest BCUT2D eigenvalue weighted by Gasteiger charge is 2.49. The van der Waals surface area contributed by atoms with Crippen LogP contribution in [0.1, 0.15) is 17.3 Å². The van der Waals surface area contributed by atoms with Gasteiger partial charge in [0.2, 0.25) is 11.3 Å². The number of carbonyl (C=O) groups excluding carboxylic acids is 3. The molecule has 1 amide bonds. The van der Waals surface area contributed by atoms with E-state index in [0.717, 1.165) is 7.11 Å². The lowest BCUT2D eigenvalue weighted by molar-refractivity contribution is -0.139. The molecule has 1 N–H and O–H groups in total. The first-order valence-corrected chi connectivity index (χ1v) is 5.21. The first kappa shape index (κ1) is 12.1. The van der Waals surface area contributed by atoms with Crippen molar-refractivity contribution >= 4 is 17.8 Å². The molecule has 0 aromatic heterocycles. The van der Waals surface area contributed by atoms with Crippen molar-refractivity contribution in [3.8, 4) is 5.75 Å². The number of hydrogen-bond donors (Lipinski definition) is 1. The molecule has 0 saturated heterocycles. The Hall–Kier alpha value is -2.37. The fourth-order valence-electron chi connectivity index (χ4n) is 1.67. The second kappa shape index (κ2) is 4.14. The quantitative estimate of drug-likeness (QED) is 0.454. The summed E-state index contributed by atoms with van der Waals surface area (Å²) in [6.45, 7) is 1.28. The third kappa shape index (κ3) is 1.71. The lowest BCUT2D eigenvalue weighted by Gasteiger charge is -2.30. The van der Waals surface area contributed by atoms with E-state index in [-0.39, 0.29) is 11.3 Å². The number of carbonyl (C=O) groups is 3. The molecule has 1 aliphatic heterocycles. The maximum absolute atomic E-state index is 12.2. The number of para-hydroxylation sites is 1. The molecule has 1 heterocycles. The highest BCUT2D eigenvalue weighted by molar-refractivity contribution is 6.21. The van der Waals surface area contributed by atoms with Gasteiger partial charge in [0, 0.05) is 0 Å². The van der Waals surface area contributed by atoms with Crippen LogP contribution in [0.15, 0.2) is 24.3 Å². The van der Waals surface area contributed by atoms with Gasteiger partial charge in [-0.3, -0.25) is 10.1 Å². The third-order valence-electron chi connectivity index (χ3n) is 2.73. The van der Waals surface area contributed by atoms with Crippen LogP contribution in [0.3, 0.4) is 0 Å². The number of hydrogen-bond acceptors (Lipinski definition) is 5. The molecule has 1 atom stereocenters. The summed E-state index contributed by atoms with van der Waals surface area (Å²) in [7, 11) is 1.14. The number of ketones is 1. The Morgan fingerprint density at radius 1 is 1.33 bits per heavy atom. The van der Waals surface area contributed by atoms with Gasteiger partial charge in [-0.05, 0) is 19.1 Å². The van der Waals surface area contributed by atoms with E-state index in [1.54, 1.807) is 12.1 Å². The summed E-state index contributed by atoms with van der Waals surface area (Å²) in [6.07, 6.45) is -0.873. The van der Waals surface area contributed by atoms with Crippen molar-refractivity contribution in [2.75, 3.05) is 7.11 Å². The van der Waals surface area contributed by atoms with E-state index in [4.69, 9.17) is 4.74 Å². The number of benzene rings is 1. The Balaban J connectivity index is 2.43. The Kier molecular flexibility index (Phi) is 2.78. The maximum Gasteiger partial charge on any atom is 0.408 e. The first-order chi connectivity index (χ1) is 8.49. The lowest BCUT2D eigenvalue weighted by Crippen LogP contribution is -2.61. The minimum Gasteiger partial charge on any atom is -0.453 e. The standard InChI is InChI=1S/C12H11NO5/c1-12(13-11(16)17-2)9(14)7-5-3-4-6-8(7)18-10(12)15/h3-6H,1-2H3,(H,13,16). The van der Waals surface area contributed by atoms with Crippen molar-refractivity contribution in [3.05, 3.63) is 29.8 Å². The third-order valence-corrected chi connectivity index (χ3v) is 2.73. The van der Waals surface area contributed by atoms with E-state index in [9.17, 15) is 14.4 Å². The van der Waals surface area contributed by atoms with Crippen LogP contribution in [-0.2, 0) is 9.53 Å². The van der Waals surface area contributed by atoms with Crippen LogP contribution in [-0.4, -0.2) is 30.5 Å². The van der Waals surface area contributed by atoms with Crippen LogP contribution in [0.4, 0.5) is 4.79 Å². The van der Waals surface area contributed by atoms with Crippen molar-refractivity contribution < 1.29 is 23.9 Å². The van der Waals surface area contributed by atoms with Crippen molar-refractivity contribution in [3.63, 3.8) is 0 Å². The average Bonchev–Trinajstić information content (AvgIpc) is 2.36. The van der Waals surface area contributed by atoms with Gasteiger partial charge >= 0.3 is 12.1 Å². The summed E-state index contributed by atoms with van der Waals surface area (Å²) >= 11 is 0. The molecular weight excluding hydrogens is 238 g/mol. The molecule has 1 aromatic rings. The molecule has 0 radical (unpaired) electrons. The predicted octanol–water partition coefficient (Wildman–Crippen LogP) is 0.903. The monoisotopic (exact) mass is 249 g/mol. The van der Waals surface area contributed by atoms with E-state index in [2.05, 4.69) is 10.1 Å². The van der Waals surface area contributed by atoms with Gasteiger partial charge in [-0.2, -0.15) is 0 Å². The molecule has 18 heavy (non-hydrogen) atoms. The van der Waals surface area contributed by atoms with E-state index in [1.165, 1.54) is 19.1 Å². The molecule has 1 aliphatic rings. The fourth-order valence-corrected chi connectivity index (χ4v) is 1.67. The topological polar surface area (TPSA) is 81.7 Å². The molecular formula is C12H11NO5. The predicted molar refractivity (Wildman–Crippen MR) is 60.4 cm³/mol. The molecule has 0 bridgehead atoms. The summed E-state index contributed by atoms with van der Waals surface area (Å²) in [5, 5.41) is 2.20. The number of fused-ring (bicyclic) bond motifs is 1. The average molecular weight is 249 g/mol. The van der Waals surface area contributed by atoms with Crippen LogP contribution in [0.25, 0.3) is 0 Å². The second-order valence-corrected chi connectivity index (χ2v) is 3.96. The number of alkyl carbamates (subject to hydrolysis) is 1. The molecule has 1 unspecified atom stereocenters. The van der Waals surface area contributed by atoms with Gasteiger partial charge in [-0.15, -0.1) is 0 Å². The number of nitrogens with one attached hydrogen (secondary N) is 1. The number of ether oxygens (including phenoxy) is 2. The summed E-state index contributed by atoms with van der Waals surface area (Å²) in [6, 6.07) is 6.34. The SMILES string of the molecule is COC(=O)NC1(C)C(=O)Oc2ccccc2C1=O. The van der Waals surface area contributed by atoms with Gasteiger partial charge in [-0.25, -0.2) is 9.59 Å². The Bertz CT molecular complexity index is 539. The Labute approximate surface area is 103 Å². The zero-order chi connectivity index (χ0) is 13.3. The minimum absolute atomic E-state index is 0.191. The van der Waals surface area contributed by atoms with E-state index in [0.29, 0.717) is 0 Å². The van der Waals surface area contributed by atoms with E-state index >= 15 is 0 Å². The summed E-state index contributed by atoms with van der Waals surface area (Å²) < 4.78 is 9.43. The molecule has 0 fully saturated rings. The highest BCUT2D eigenvalue weighted by atomic mass is 16.6. The molecule has 6 heteroatoms. The van der Waals surface area contributed by atoms with Crippen LogP contribution in [0.2, 0.25) is 0 Å². The van der Waals surface area contributed by atoms with Crippen LogP contribution >= 0.6 is 0 Å². The van der Waals surface area contributed by atoms with Gasteiger partial charge in [0.25, 0.3) is 0 Å². The molecule has 6 nitrogen and oxygen atoms in total. The van der Waals surface area contributed by atoms with Crippen LogP contribution in [0.5, 0.6) is 5.75 Å². The van der Waals surface area contributed by atoms with Crippen molar-refractivity contribution in [2.24, 2.45) is 0 Å². The van der Waals surface area contributed by atoms with E-state index < -0.39 is 23.4 Å². The second-order valence-electron chi connectivity index (χ2n) is 3.96. The van der Waals surface area contributed by atoms with Gasteiger partial charge in [0.05, 0.1) is 12.7 Å². The Morgan fingerprint density at radius 3 is 2.67 bits per heavy atom. The number of amides is 1. The summed E-state index contributed by atoms with van der Waals surface area (Å²) in [4.78, 5) is 35.3. The van der Waals surface area contributed by atoms with Crippen LogP contribution in [0, 0.1) is 0 Å². The van der Waals surface area contributed by atoms with Crippen LogP contribution < -0.4 is 10.1 Å². The zero-order valence-electron chi connectivity index (χ0n) is 9.85. The highest BCUT2D eigenvalue weighted by Crippen LogP contribution is 2.29. The number of methoxy groups -OCH3 is 1. The van der Waals surface area contributed by atoms with Gasteiger partial charge in [0.15, 0.2) is 0 Å². The number of esters is 1. The fraction of sp³-hybridized carbons (Fsp3) is 0.250. The Morgan fingerprint density at radius 2 is 2.00 bits per heavy atom. The first-order valence-electron chi connectivity index (χ1n) is 5.21. The number of Topliss-reactive ketones (excluding diaryl/α,β-unsaturated/α-hetero) is 1. The molecule has 94 valence electrons. The van der Waals surface area contributed by atoms with E-state index in [1.807, 2.05) is 0 Å². The minimum atomic E-state index is -1.76. The molecule has 0 aliphatic carbocycles. The lowest BCUT2D eigenvalue weighted by atomic mass is 9.88. The normalized spacial score (nSPS) is 21.9. The van der Waals surface area contributed by atoms with Crippen molar-refractivity contribution in [2.45, 2.75) is 12.5 Å². The van der Waals surface area contributed by atoms with Crippen molar-refractivity contribution in [1.29, 1.82) is 0 Å². The number of rotatable bonds is 1. The van der Waals surface area contributed by atoms with Gasteiger partial charge in [-0.1, -0.05) is 12.1 Å². The molecule has 0 saturated carbocycles. The molecule has 2 rings (SSSR count). The summed E-state index contributed by atoms with van der Waals surface area (Å²) in [5.74, 6) is -1.17. The van der Waals surface area contributed by atoms with Gasteiger partial charge in [0.1, 0.15) is 5.75 Å². The maximum atomic E-state index is 12.2. The van der Waals surface area contributed by atoms with Crippen molar-refractivity contribution in [1.82, 2.24) is 5.32 Å². The molecule has 1 aromatic carbocycles. The van der Waals surface area contributed by atoms with Gasteiger partial charge < -0.3 is 9.47 Å². The summed E-state index contributed by atoms with van der Waals surface area (Å²) in [5.41, 5.74) is -1.52. The largest absolute Gasteiger partial charge is 0.453 e. The molecule has 0 spiro atoms.